The van der Waals surface area contributed by atoms with Crippen LogP contribution in [0.1, 0.15) is 24.8 Å². The topological polar surface area (TPSA) is 96.1 Å². The predicted octanol–water partition coefficient (Wildman–Crippen LogP) is 0.638. The first-order valence-corrected chi connectivity index (χ1v) is 8.15. The number of nitrogens with two attached hydrogens (primary N) is 1. The molecule has 2 aliphatic heterocycles. The number of amides is 3. The SMILES string of the molecule is NC(=O)[C@H]1CCN(C(=O)C2=NN(Cc3ccc(F)cc3)C(=O)CC2)C1. The number of rotatable bonds is 4. The summed E-state index contributed by atoms with van der Waals surface area (Å²) in [5.41, 5.74) is 6.31. The van der Waals surface area contributed by atoms with Crippen LogP contribution in [0.5, 0.6) is 0 Å². The molecule has 7 nitrogen and oxygen atoms in total. The van der Waals surface area contributed by atoms with E-state index in [-0.39, 0.29) is 42.9 Å². The molecule has 2 aliphatic rings. The van der Waals surface area contributed by atoms with Crippen LogP contribution in [0.3, 0.4) is 0 Å². The zero-order valence-corrected chi connectivity index (χ0v) is 13.7. The van der Waals surface area contributed by atoms with Crippen molar-refractivity contribution in [2.45, 2.75) is 25.8 Å². The summed E-state index contributed by atoms with van der Waals surface area (Å²) in [5.74, 6) is -1.54. The molecular formula is C17H19FN4O3. The van der Waals surface area contributed by atoms with E-state index >= 15 is 0 Å². The van der Waals surface area contributed by atoms with E-state index in [4.69, 9.17) is 5.73 Å². The second-order valence-electron chi connectivity index (χ2n) is 6.26. The number of benzene rings is 1. The number of hydrogen-bond acceptors (Lipinski definition) is 4. The zero-order valence-electron chi connectivity index (χ0n) is 13.7. The monoisotopic (exact) mass is 346 g/mol. The molecule has 8 heteroatoms. The molecule has 0 aliphatic carbocycles. The van der Waals surface area contributed by atoms with Crippen LogP contribution in [-0.2, 0) is 20.9 Å². The Morgan fingerprint density at radius 1 is 1.24 bits per heavy atom. The highest BCUT2D eigenvalue weighted by Crippen LogP contribution is 2.19. The van der Waals surface area contributed by atoms with Gasteiger partial charge in [-0.15, -0.1) is 0 Å². The van der Waals surface area contributed by atoms with Crippen LogP contribution in [0.25, 0.3) is 0 Å². The lowest BCUT2D eigenvalue weighted by Crippen LogP contribution is -2.41. The first-order chi connectivity index (χ1) is 11.9. The second-order valence-corrected chi connectivity index (χ2v) is 6.26. The molecule has 0 aromatic heterocycles. The Labute approximate surface area is 144 Å². The molecule has 0 unspecified atom stereocenters. The first-order valence-electron chi connectivity index (χ1n) is 8.15. The maximum Gasteiger partial charge on any atom is 0.270 e. The minimum Gasteiger partial charge on any atom is -0.369 e. The zero-order chi connectivity index (χ0) is 18.0. The van der Waals surface area contributed by atoms with Gasteiger partial charge in [0.25, 0.3) is 5.91 Å². The van der Waals surface area contributed by atoms with E-state index in [1.807, 2.05) is 0 Å². The maximum absolute atomic E-state index is 13.0. The van der Waals surface area contributed by atoms with Gasteiger partial charge in [-0.05, 0) is 24.1 Å². The van der Waals surface area contributed by atoms with Gasteiger partial charge in [0.15, 0.2) is 0 Å². The van der Waals surface area contributed by atoms with Gasteiger partial charge in [0.1, 0.15) is 11.5 Å². The Balaban J connectivity index is 1.71. The Hall–Kier alpha value is -2.77. The van der Waals surface area contributed by atoms with Crippen molar-refractivity contribution in [2.75, 3.05) is 13.1 Å². The van der Waals surface area contributed by atoms with Crippen LogP contribution in [-0.4, -0.2) is 46.4 Å². The first kappa shape index (κ1) is 17.1. The summed E-state index contributed by atoms with van der Waals surface area (Å²) in [6.45, 7) is 0.927. The van der Waals surface area contributed by atoms with Gasteiger partial charge in [0, 0.05) is 25.9 Å². The minimum atomic E-state index is -0.408. The fourth-order valence-corrected chi connectivity index (χ4v) is 3.00. The van der Waals surface area contributed by atoms with E-state index in [1.165, 1.54) is 17.1 Å². The summed E-state index contributed by atoms with van der Waals surface area (Å²) in [5, 5.41) is 5.44. The molecular weight excluding hydrogens is 327 g/mol. The summed E-state index contributed by atoms with van der Waals surface area (Å²) < 4.78 is 13.0. The summed E-state index contributed by atoms with van der Waals surface area (Å²) in [6, 6.07) is 5.78. The van der Waals surface area contributed by atoms with Gasteiger partial charge in [0.05, 0.1) is 12.5 Å². The Morgan fingerprint density at radius 2 is 1.96 bits per heavy atom. The van der Waals surface area contributed by atoms with E-state index in [0.29, 0.717) is 25.2 Å². The van der Waals surface area contributed by atoms with Crippen molar-refractivity contribution >= 4 is 23.4 Å². The molecule has 132 valence electrons. The van der Waals surface area contributed by atoms with Crippen molar-refractivity contribution in [3.8, 4) is 0 Å². The molecule has 25 heavy (non-hydrogen) atoms. The van der Waals surface area contributed by atoms with E-state index < -0.39 is 5.91 Å². The predicted molar refractivity (Wildman–Crippen MR) is 87.5 cm³/mol. The van der Waals surface area contributed by atoms with Crippen molar-refractivity contribution in [3.05, 3.63) is 35.6 Å². The standard InChI is InChI=1S/C17H19FN4O3/c18-13-3-1-11(2-4-13)9-22-15(23)6-5-14(20-22)17(25)21-8-7-12(10-21)16(19)24/h1-4,12H,5-10H2,(H2,19,24)/t12-/m0/s1. The average Bonchev–Trinajstić information content (AvgIpc) is 3.08. The summed E-state index contributed by atoms with van der Waals surface area (Å²) in [7, 11) is 0. The number of primary amides is 1. The molecule has 1 aromatic rings. The molecule has 2 N–H and O–H groups in total. The van der Waals surface area contributed by atoms with Crippen LogP contribution in [0.2, 0.25) is 0 Å². The number of hydrazone groups is 1. The number of carbonyl (C=O) groups is 3. The van der Waals surface area contributed by atoms with Gasteiger partial charge in [0.2, 0.25) is 11.8 Å². The van der Waals surface area contributed by atoms with Crippen LogP contribution < -0.4 is 5.73 Å². The molecule has 0 radical (unpaired) electrons. The highest BCUT2D eigenvalue weighted by atomic mass is 19.1. The highest BCUT2D eigenvalue weighted by Gasteiger charge is 2.33. The second kappa shape index (κ2) is 7.00. The smallest absolute Gasteiger partial charge is 0.270 e. The van der Waals surface area contributed by atoms with E-state index in [9.17, 15) is 18.8 Å². The highest BCUT2D eigenvalue weighted by molar-refractivity contribution is 6.39. The quantitative estimate of drug-likeness (QED) is 0.866. The molecule has 1 atom stereocenters. The number of halogens is 1. The van der Waals surface area contributed by atoms with Gasteiger partial charge in [-0.1, -0.05) is 12.1 Å². The summed E-state index contributed by atoms with van der Waals surface area (Å²) in [4.78, 5) is 37.4. The third-order valence-corrected chi connectivity index (χ3v) is 4.48. The Bertz CT molecular complexity index is 732. The fourth-order valence-electron chi connectivity index (χ4n) is 3.00. The largest absolute Gasteiger partial charge is 0.369 e. The normalized spacial score (nSPS) is 20.6. The van der Waals surface area contributed by atoms with Crippen LogP contribution in [0.15, 0.2) is 29.4 Å². The molecule has 2 heterocycles. The lowest BCUT2D eigenvalue weighted by Gasteiger charge is -2.25. The summed E-state index contributed by atoms with van der Waals surface area (Å²) in [6.07, 6.45) is 1.01. The van der Waals surface area contributed by atoms with Crippen molar-refractivity contribution in [1.82, 2.24) is 9.91 Å². The molecule has 3 rings (SSSR count). The van der Waals surface area contributed by atoms with Gasteiger partial charge >= 0.3 is 0 Å². The number of nitrogens with zero attached hydrogens (tertiary/aromatic N) is 3. The van der Waals surface area contributed by atoms with Crippen molar-refractivity contribution in [3.63, 3.8) is 0 Å². The number of hydrogen-bond donors (Lipinski definition) is 1. The van der Waals surface area contributed by atoms with E-state index in [1.54, 1.807) is 17.0 Å². The molecule has 1 aromatic carbocycles. The lowest BCUT2D eigenvalue weighted by molar-refractivity contribution is -0.132. The Morgan fingerprint density at radius 3 is 2.60 bits per heavy atom. The molecule has 0 spiro atoms. The van der Waals surface area contributed by atoms with Crippen LogP contribution >= 0.6 is 0 Å². The van der Waals surface area contributed by atoms with E-state index in [2.05, 4.69) is 5.10 Å². The van der Waals surface area contributed by atoms with Crippen LogP contribution in [0.4, 0.5) is 4.39 Å². The summed E-state index contributed by atoms with van der Waals surface area (Å²) >= 11 is 0. The molecule has 0 bridgehead atoms. The third kappa shape index (κ3) is 3.84. The van der Waals surface area contributed by atoms with Gasteiger partial charge in [-0.2, -0.15) is 5.10 Å². The number of carbonyl (C=O) groups excluding carboxylic acids is 3. The third-order valence-electron chi connectivity index (χ3n) is 4.48. The minimum absolute atomic E-state index is 0.180. The van der Waals surface area contributed by atoms with Crippen molar-refractivity contribution < 1.29 is 18.8 Å². The Kier molecular flexibility index (Phi) is 4.78. The average molecular weight is 346 g/mol. The van der Waals surface area contributed by atoms with Gasteiger partial charge in [-0.25, -0.2) is 9.40 Å². The molecule has 0 saturated carbocycles. The van der Waals surface area contributed by atoms with Gasteiger partial charge < -0.3 is 10.6 Å². The van der Waals surface area contributed by atoms with E-state index in [0.717, 1.165) is 5.56 Å². The fraction of sp³-hybridized carbons (Fsp3) is 0.412. The molecule has 3 amide bonds. The van der Waals surface area contributed by atoms with Crippen LogP contribution in [0, 0.1) is 11.7 Å². The molecule has 1 saturated heterocycles. The maximum atomic E-state index is 13.0. The van der Waals surface area contributed by atoms with Gasteiger partial charge in [-0.3, -0.25) is 14.4 Å². The van der Waals surface area contributed by atoms with Crippen molar-refractivity contribution in [2.24, 2.45) is 16.8 Å². The lowest BCUT2D eigenvalue weighted by atomic mass is 10.1. The van der Waals surface area contributed by atoms with Crippen molar-refractivity contribution in [1.29, 1.82) is 0 Å². The molecule has 1 fully saturated rings. The number of likely N-dealkylation sites (tertiary alicyclic amines) is 1.